The van der Waals surface area contributed by atoms with Gasteiger partial charge in [-0.1, -0.05) is 60.7 Å². The van der Waals surface area contributed by atoms with Crippen LogP contribution in [0.3, 0.4) is 0 Å². The molecule has 2 N–H and O–H groups in total. The Kier molecular flexibility index (Phi) is 4.38. The Morgan fingerprint density at radius 1 is 0.950 bits per heavy atom. The summed E-state index contributed by atoms with van der Waals surface area (Å²) >= 11 is 0. The number of hydrogen-bond donors (Lipinski definition) is 2. The number of carboxylic acids is 1. The van der Waals surface area contributed by atoms with Gasteiger partial charge in [-0.25, -0.2) is 4.79 Å². The number of aliphatic hydroxyl groups is 1. The maximum Gasteiger partial charge on any atom is 0.333 e. The second-order valence-corrected chi connectivity index (χ2v) is 7.32. The lowest BCUT2D eigenvalue weighted by molar-refractivity contribution is -0.145. The number of aliphatic carboxylic acids is 1. The molecule has 0 aliphatic carbocycles. The maximum atomic E-state index is 13.3. The molecule has 2 aromatic carbocycles. The van der Waals surface area contributed by atoms with E-state index in [1.54, 1.807) is 60.7 Å². The van der Waals surface area contributed by atoms with E-state index in [0.29, 0.717) is 10.6 Å². The number of aliphatic hydroxyl groups excluding tert-OH is 1. The molecule has 2 rings (SSSR count). The highest BCUT2D eigenvalue weighted by Crippen LogP contribution is 2.43. The van der Waals surface area contributed by atoms with Crippen LogP contribution in [0.5, 0.6) is 0 Å². The van der Waals surface area contributed by atoms with Crippen LogP contribution in [0, 0.1) is 0 Å². The Hall–Kier alpha value is -1.90. The van der Waals surface area contributed by atoms with Gasteiger partial charge in [0.2, 0.25) is 0 Å². The zero-order valence-electron chi connectivity index (χ0n) is 10.7. The van der Waals surface area contributed by atoms with Crippen molar-refractivity contribution >= 4 is 23.7 Å². The quantitative estimate of drug-likeness (QED) is 0.817. The van der Waals surface area contributed by atoms with Gasteiger partial charge >= 0.3 is 5.97 Å². The SMILES string of the molecule is O=C(O)[C@H](O)CP(=O)(c1ccccc1)c1ccccc1. The Bertz CT molecular complexity index is 581. The molecule has 0 amide bonds. The molecular formula is C15H15O4P. The zero-order chi connectivity index (χ0) is 14.6. The van der Waals surface area contributed by atoms with Gasteiger partial charge in [-0.05, 0) is 0 Å². The van der Waals surface area contributed by atoms with E-state index in [2.05, 4.69) is 0 Å². The summed E-state index contributed by atoms with van der Waals surface area (Å²) in [4.78, 5) is 10.9. The molecule has 0 spiro atoms. The minimum atomic E-state index is -3.16. The van der Waals surface area contributed by atoms with Crippen LogP contribution in [0.4, 0.5) is 0 Å². The third kappa shape index (κ3) is 2.98. The molecule has 104 valence electrons. The van der Waals surface area contributed by atoms with Crippen LogP contribution in [-0.2, 0) is 9.36 Å². The van der Waals surface area contributed by atoms with Crippen LogP contribution in [0.15, 0.2) is 60.7 Å². The van der Waals surface area contributed by atoms with Crippen molar-refractivity contribution in [1.29, 1.82) is 0 Å². The third-order valence-electron chi connectivity index (χ3n) is 3.06. The van der Waals surface area contributed by atoms with Crippen molar-refractivity contribution in [2.75, 3.05) is 6.16 Å². The van der Waals surface area contributed by atoms with E-state index in [4.69, 9.17) is 5.11 Å². The second-order valence-electron chi connectivity index (χ2n) is 4.45. The molecule has 1 atom stereocenters. The van der Waals surface area contributed by atoms with Gasteiger partial charge in [-0.3, -0.25) is 0 Å². The first-order valence-electron chi connectivity index (χ1n) is 6.15. The van der Waals surface area contributed by atoms with E-state index in [0.717, 1.165) is 0 Å². The molecule has 5 heteroatoms. The largest absolute Gasteiger partial charge is 0.479 e. The lowest BCUT2D eigenvalue weighted by Crippen LogP contribution is -2.30. The molecule has 20 heavy (non-hydrogen) atoms. The average molecular weight is 290 g/mol. The average Bonchev–Trinajstić information content (AvgIpc) is 2.48. The molecular weight excluding hydrogens is 275 g/mol. The molecule has 0 heterocycles. The second kappa shape index (κ2) is 6.04. The minimum absolute atomic E-state index is 0.309. The normalized spacial score (nSPS) is 12.8. The summed E-state index contributed by atoms with van der Waals surface area (Å²) < 4.78 is 13.3. The molecule has 0 bridgehead atoms. The highest BCUT2D eigenvalue weighted by molar-refractivity contribution is 7.78. The molecule has 4 nitrogen and oxygen atoms in total. The van der Waals surface area contributed by atoms with Crippen LogP contribution in [0.25, 0.3) is 0 Å². The Balaban J connectivity index is 2.50. The summed E-state index contributed by atoms with van der Waals surface area (Å²) in [5.41, 5.74) is 0. The van der Waals surface area contributed by atoms with Crippen molar-refractivity contribution in [3.63, 3.8) is 0 Å². The van der Waals surface area contributed by atoms with E-state index in [1.165, 1.54) is 0 Å². The molecule has 0 radical (unpaired) electrons. The van der Waals surface area contributed by atoms with Crippen LogP contribution in [-0.4, -0.2) is 28.4 Å². The molecule has 0 unspecified atom stereocenters. The van der Waals surface area contributed by atoms with Crippen molar-refractivity contribution < 1.29 is 19.6 Å². The molecule has 0 aromatic heterocycles. The topological polar surface area (TPSA) is 74.6 Å². The van der Waals surface area contributed by atoms with E-state index < -0.39 is 19.2 Å². The van der Waals surface area contributed by atoms with Gasteiger partial charge in [-0.15, -0.1) is 0 Å². The first-order chi connectivity index (χ1) is 9.54. The standard InChI is InChI=1S/C15H15O4P/c16-14(15(17)18)11-20(19,12-7-3-1-4-8-12)13-9-5-2-6-10-13/h1-10,14,16H,11H2,(H,17,18)/t14-/m1/s1. The van der Waals surface area contributed by atoms with Gasteiger partial charge in [0.1, 0.15) is 7.14 Å². The number of benzene rings is 2. The minimum Gasteiger partial charge on any atom is -0.479 e. The van der Waals surface area contributed by atoms with Gasteiger partial charge in [0.25, 0.3) is 0 Å². The maximum absolute atomic E-state index is 13.3. The first-order valence-corrected chi connectivity index (χ1v) is 8.04. The van der Waals surface area contributed by atoms with Crippen LogP contribution < -0.4 is 10.6 Å². The fraction of sp³-hybridized carbons (Fsp3) is 0.133. The predicted octanol–water partition coefficient (Wildman–Crippen LogP) is 1.45. The summed E-state index contributed by atoms with van der Waals surface area (Å²) in [6.45, 7) is 0. The zero-order valence-corrected chi connectivity index (χ0v) is 11.6. The summed E-state index contributed by atoms with van der Waals surface area (Å²) in [6, 6.07) is 17.4. The van der Waals surface area contributed by atoms with E-state index in [-0.39, 0.29) is 6.16 Å². The monoisotopic (exact) mass is 290 g/mol. The predicted molar refractivity (Wildman–Crippen MR) is 78.3 cm³/mol. The van der Waals surface area contributed by atoms with Crippen molar-refractivity contribution in [3.05, 3.63) is 60.7 Å². The Labute approximate surface area is 117 Å². The summed E-state index contributed by atoms with van der Waals surface area (Å²) in [5, 5.41) is 19.6. The number of carbonyl (C=O) groups is 1. The van der Waals surface area contributed by atoms with Gasteiger partial charge in [-0.2, -0.15) is 0 Å². The summed E-state index contributed by atoms with van der Waals surface area (Å²) in [7, 11) is -3.16. The van der Waals surface area contributed by atoms with E-state index in [1.807, 2.05) is 0 Å². The molecule has 0 aliphatic heterocycles. The van der Waals surface area contributed by atoms with Gasteiger partial charge in [0.15, 0.2) is 6.10 Å². The van der Waals surface area contributed by atoms with Crippen LogP contribution in [0.1, 0.15) is 0 Å². The number of carboxylic acid groups (broad SMARTS) is 1. The first kappa shape index (κ1) is 14.5. The lowest BCUT2D eigenvalue weighted by Gasteiger charge is -2.20. The fourth-order valence-electron chi connectivity index (χ4n) is 2.02. The Morgan fingerprint density at radius 2 is 1.35 bits per heavy atom. The fourth-order valence-corrected chi connectivity index (χ4v) is 4.69. The van der Waals surface area contributed by atoms with Gasteiger partial charge in [0, 0.05) is 16.8 Å². The third-order valence-corrected chi connectivity index (χ3v) is 6.19. The highest BCUT2D eigenvalue weighted by atomic mass is 31.2. The van der Waals surface area contributed by atoms with Crippen molar-refractivity contribution in [3.8, 4) is 0 Å². The molecule has 0 aliphatic rings. The van der Waals surface area contributed by atoms with Crippen molar-refractivity contribution in [1.82, 2.24) is 0 Å². The van der Waals surface area contributed by atoms with E-state index >= 15 is 0 Å². The van der Waals surface area contributed by atoms with E-state index in [9.17, 15) is 14.5 Å². The molecule has 2 aromatic rings. The molecule has 0 saturated heterocycles. The highest BCUT2D eigenvalue weighted by Gasteiger charge is 2.32. The smallest absolute Gasteiger partial charge is 0.333 e. The van der Waals surface area contributed by atoms with Crippen molar-refractivity contribution in [2.24, 2.45) is 0 Å². The molecule has 0 saturated carbocycles. The summed E-state index contributed by atoms with van der Waals surface area (Å²) in [5.74, 6) is -1.36. The van der Waals surface area contributed by atoms with Gasteiger partial charge in [0.05, 0.1) is 0 Å². The van der Waals surface area contributed by atoms with Crippen molar-refractivity contribution in [2.45, 2.75) is 6.10 Å². The van der Waals surface area contributed by atoms with Gasteiger partial charge < -0.3 is 14.8 Å². The van der Waals surface area contributed by atoms with Crippen LogP contribution in [0.2, 0.25) is 0 Å². The van der Waals surface area contributed by atoms with Crippen LogP contribution >= 0.6 is 7.14 Å². The molecule has 0 fully saturated rings. The lowest BCUT2D eigenvalue weighted by atomic mass is 10.4. The number of rotatable bonds is 5. The number of hydrogen-bond acceptors (Lipinski definition) is 3. The Morgan fingerprint density at radius 3 is 1.70 bits per heavy atom. The summed E-state index contributed by atoms with van der Waals surface area (Å²) in [6.07, 6.45) is -1.96.